The molecule has 0 saturated carbocycles. The molecule has 0 amide bonds. The van der Waals surface area contributed by atoms with E-state index in [1.54, 1.807) is 0 Å². The van der Waals surface area contributed by atoms with Crippen molar-refractivity contribution >= 4 is 11.9 Å². The van der Waals surface area contributed by atoms with E-state index in [4.69, 9.17) is 10.2 Å². The summed E-state index contributed by atoms with van der Waals surface area (Å²) < 4.78 is 0. The van der Waals surface area contributed by atoms with Gasteiger partial charge in [-0.2, -0.15) is 0 Å². The molecule has 0 spiro atoms. The Morgan fingerprint density at radius 3 is 1.86 bits per heavy atom. The van der Waals surface area contributed by atoms with Crippen LogP contribution in [-0.4, -0.2) is 22.2 Å². The van der Waals surface area contributed by atoms with Gasteiger partial charge in [0.1, 0.15) is 0 Å². The number of unbranched alkanes of at least 4 members (excludes halogenated alkanes) is 2. The van der Waals surface area contributed by atoms with Gasteiger partial charge in [-0.25, -0.2) is 0 Å². The molecule has 0 fully saturated rings. The zero-order valence-electron chi connectivity index (χ0n) is 13.9. The summed E-state index contributed by atoms with van der Waals surface area (Å²) in [4.78, 5) is 20.5. The molecule has 0 aliphatic carbocycles. The van der Waals surface area contributed by atoms with Gasteiger partial charge in [0.2, 0.25) is 0 Å². The van der Waals surface area contributed by atoms with Crippen LogP contribution in [0, 0.1) is 11.8 Å². The summed E-state index contributed by atoms with van der Waals surface area (Å²) in [6.45, 7) is 8.31. The van der Waals surface area contributed by atoms with Gasteiger partial charge in [-0.3, -0.25) is 9.59 Å². The predicted octanol–water partition coefficient (Wildman–Crippen LogP) is 4.57. The Labute approximate surface area is 140 Å². The van der Waals surface area contributed by atoms with Crippen molar-refractivity contribution in [3.8, 4) is 0 Å². The Kier molecular flexibility index (Phi) is 21.2. The molecule has 0 bridgehead atoms. The molecular weight excluding hydrogens is 312 g/mol. The SMILES string of the molecule is CC(C)CCCCC(=O)O.CCCCC(CC)C(=O)O.[Fe]. The molecule has 2 N–H and O–H groups in total. The summed E-state index contributed by atoms with van der Waals surface area (Å²) in [5.41, 5.74) is 0. The van der Waals surface area contributed by atoms with E-state index in [0.717, 1.165) is 44.9 Å². The summed E-state index contributed by atoms with van der Waals surface area (Å²) in [5, 5.41) is 16.9. The van der Waals surface area contributed by atoms with Crippen molar-refractivity contribution in [2.75, 3.05) is 0 Å². The summed E-state index contributed by atoms with van der Waals surface area (Å²) in [6.07, 6.45) is 7.06. The van der Waals surface area contributed by atoms with E-state index in [-0.39, 0.29) is 23.0 Å². The Morgan fingerprint density at radius 1 is 0.952 bits per heavy atom. The summed E-state index contributed by atoms with van der Waals surface area (Å²) in [5.74, 6) is -0.728. The van der Waals surface area contributed by atoms with E-state index >= 15 is 0 Å². The third-order valence-electron chi connectivity index (χ3n) is 3.17. The standard InChI is InChI=1S/2C8H16O2.Fe/c1-7(2)5-3-4-6-8(9)10;1-3-5-6-7(4-2)8(9)10;/h2*7H,3-6H2,1-2H3,(H,9,10);. The van der Waals surface area contributed by atoms with Crippen LogP contribution in [0.25, 0.3) is 0 Å². The predicted molar refractivity (Wildman–Crippen MR) is 81.9 cm³/mol. The summed E-state index contributed by atoms with van der Waals surface area (Å²) in [7, 11) is 0. The number of aliphatic carboxylic acids is 2. The Morgan fingerprint density at radius 2 is 1.52 bits per heavy atom. The number of carboxylic acids is 2. The molecule has 0 aliphatic heterocycles. The van der Waals surface area contributed by atoms with E-state index in [1.165, 1.54) is 0 Å². The van der Waals surface area contributed by atoms with E-state index in [2.05, 4.69) is 20.8 Å². The second-order valence-corrected chi connectivity index (χ2v) is 5.62. The van der Waals surface area contributed by atoms with Gasteiger partial charge < -0.3 is 10.2 Å². The topological polar surface area (TPSA) is 74.6 Å². The molecule has 0 aromatic heterocycles. The Balaban J connectivity index is -0.000000295. The number of carbonyl (C=O) groups is 2. The minimum Gasteiger partial charge on any atom is -0.481 e. The number of rotatable bonds is 10. The van der Waals surface area contributed by atoms with Gasteiger partial charge in [0.05, 0.1) is 5.92 Å². The van der Waals surface area contributed by atoms with Crippen molar-refractivity contribution in [1.82, 2.24) is 0 Å². The quantitative estimate of drug-likeness (QED) is 0.450. The Bertz CT molecular complexity index is 255. The van der Waals surface area contributed by atoms with Crippen molar-refractivity contribution in [2.45, 2.75) is 79.1 Å². The number of hydrogen-bond donors (Lipinski definition) is 2. The van der Waals surface area contributed by atoms with Gasteiger partial charge in [0.25, 0.3) is 0 Å². The first-order valence-electron chi connectivity index (χ1n) is 7.79. The zero-order chi connectivity index (χ0) is 16.0. The van der Waals surface area contributed by atoms with Crippen LogP contribution in [0.2, 0.25) is 0 Å². The number of hydrogen-bond acceptors (Lipinski definition) is 2. The first-order valence-corrected chi connectivity index (χ1v) is 7.79. The van der Waals surface area contributed by atoms with Crippen LogP contribution in [0.3, 0.4) is 0 Å². The van der Waals surface area contributed by atoms with Crippen LogP contribution in [0.15, 0.2) is 0 Å². The van der Waals surface area contributed by atoms with Crippen molar-refractivity contribution < 1.29 is 36.9 Å². The van der Waals surface area contributed by atoms with Crippen molar-refractivity contribution in [1.29, 1.82) is 0 Å². The average Bonchev–Trinajstić information content (AvgIpc) is 2.35. The monoisotopic (exact) mass is 344 g/mol. The third-order valence-corrected chi connectivity index (χ3v) is 3.17. The maximum absolute atomic E-state index is 10.4. The molecule has 21 heavy (non-hydrogen) atoms. The third kappa shape index (κ3) is 21.9. The van der Waals surface area contributed by atoms with Gasteiger partial charge in [0.15, 0.2) is 0 Å². The van der Waals surface area contributed by atoms with E-state index < -0.39 is 11.9 Å². The van der Waals surface area contributed by atoms with Gasteiger partial charge in [0, 0.05) is 23.5 Å². The molecule has 0 aliphatic rings. The fourth-order valence-corrected chi connectivity index (χ4v) is 1.78. The van der Waals surface area contributed by atoms with Crippen LogP contribution in [0.4, 0.5) is 0 Å². The van der Waals surface area contributed by atoms with Gasteiger partial charge >= 0.3 is 11.9 Å². The van der Waals surface area contributed by atoms with Crippen LogP contribution >= 0.6 is 0 Å². The molecule has 0 rings (SSSR count). The fourth-order valence-electron chi connectivity index (χ4n) is 1.78. The molecule has 0 heterocycles. The molecule has 128 valence electrons. The summed E-state index contributed by atoms with van der Waals surface area (Å²) >= 11 is 0. The number of carboxylic acid groups (broad SMARTS) is 2. The molecule has 4 nitrogen and oxygen atoms in total. The van der Waals surface area contributed by atoms with Crippen molar-refractivity contribution in [3.05, 3.63) is 0 Å². The van der Waals surface area contributed by atoms with Gasteiger partial charge in [-0.05, 0) is 25.2 Å². The minimum absolute atomic E-state index is 0. The van der Waals surface area contributed by atoms with E-state index in [1.807, 2.05) is 6.92 Å². The summed E-state index contributed by atoms with van der Waals surface area (Å²) in [6, 6.07) is 0. The van der Waals surface area contributed by atoms with Crippen LogP contribution in [0.1, 0.15) is 79.1 Å². The fraction of sp³-hybridized carbons (Fsp3) is 0.875. The molecule has 0 radical (unpaired) electrons. The zero-order valence-corrected chi connectivity index (χ0v) is 15.0. The van der Waals surface area contributed by atoms with Gasteiger partial charge in [-0.15, -0.1) is 0 Å². The average molecular weight is 344 g/mol. The van der Waals surface area contributed by atoms with Crippen LogP contribution in [-0.2, 0) is 26.7 Å². The molecule has 0 saturated heterocycles. The first kappa shape index (κ1) is 25.4. The Hall–Kier alpha value is -0.541. The smallest absolute Gasteiger partial charge is 0.306 e. The maximum atomic E-state index is 10.4. The first-order chi connectivity index (χ1) is 9.34. The largest absolute Gasteiger partial charge is 0.481 e. The van der Waals surface area contributed by atoms with Gasteiger partial charge in [-0.1, -0.05) is 53.4 Å². The molecule has 1 atom stereocenters. The second-order valence-electron chi connectivity index (χ2n) is 5.62. The minimum atomic E-state index is -0.677. The molecule has 0 aromatic rings. The molecular formula is C16H32FeO4. The normalized spacial score (nSPS) is 11.1. The maximum Gasteiger partial charge on any atom is 0.306 e. The molecule has 1 unspecified atom stereocenters. The second kappa shape index (κ2) is 17.5. The van der Waals surface area contributed by atoms with Crippen LogP contribution in [0.5, 0.6) is 0 Å². The molecule has 0 aromatic carbocycles. The van der Waals surface area contributed by atoms with Crippen molar-refractivity contribution in [3.63, 3.8) is 0 Å². The van der Waals surface area contributed by atoms with E-state index in [0.29, 0.717) is 12.3 Å². The van der Waals surface area contributed by atoms with E-state index in [9.17, 15) is 9.59 Å². The van der Waals surface area contributed by atoms with Crippen LogP contribution < -0.4 is 0 Å². The molecule has 5 heteroatoms. The van der Waals surface area contributed by atoms with Crippen molar-refractivity contribution in [2.24, 2.45) is 11.8 Å².